The monoisotopic (exact) mass is 300 g/mol. The lowest BCUT2D eigenvalue weighted by Gasteiger charge is -2.12. The molecule has 116 valence electrons. The van der Waals surface area contributed by atoms with Gasteiger partial charge in [-0.3, -0.25) is 0 Å². The van der Waals surface area contributed by atoms with Crippen molar-refractivity contribution >= 4 is 5.97 Å². The molecule has 0 heterocycles. The Morgan fingerprint density at radius 3 is 2.32 bits per heavy atom. The highest BCUT2D eigenvalue weighted by Crippen LogP contribution is 2.29. The highest BCUT2D eigenvalue weighted by Gasteiger charge is 2.10. The first-order chi connectivity index (χ1) is 10.5. The summed E-state index contributed by atoms with van der Waals surface area (Å²) < 4.78 is 10.9. The minimum Gasteiger partial charge on any atom is -0.493 e. The number of methoxy groups -OCH3 is 1. The Balaban J connectivity index is 2.09. The second kappa shape index (κ2) is 6.98. The molecule has 1 N–H and O–H groups in total. The Morgan fingerprint density at radius 2 is 1.77 bits per heavy atom. The van der Waals surface area contributed by atoms with Gasteiger partial charge >= 0.3 is 5.97 Å². The van der Waals surface area contributed by atoms with Crippen LogP contribution < -0.4 is 9.47 Å². The van der Waals surface area contributed by atoms with E-state index in [-0.39, 0.29) is 5.56 Å². The Labute approximate surface area is 130 Å². The second-order valence-electron chi connectivity index (χ2n) is 5.36. The van der Waals surface area contributed by atoms with Crippen LogP contribution in [0.4, 0.5) is 0 Å². The molecule has 0 atom stereocenters. The fourth-order valence-electron chi connectivity index (χ4n) is 2.08. The number of rotatable bonds is 6. The van der Waals surface area contributed by atoms with Gasteiger partial charge in [0.05, 0.1) is 12.7 Å². The van der Waals surface area contributed by atoms with E-state index in [0.717, 1.165) is 5.56 Å². The Morgan fingerprint density at radius 1 is 1.09 bits per heavy atom. The van der Waals surface area contributed by atoms with Crippen LogP contribution in [0.2, 0.25) is 0 Å². The van der Waals surface area contributed by atoms with E-state index in [1.807, 2.05) is 12.1 Å². The number of carbonyl (C=O) groups is 1. The Bertz CT molecular complexity index is 645. The van der Waals surface area contributed by atoms with Crippen molar-refractivity contribution in [3.63, 3.8) is 0 Å². The van der Waals surface area contributed by atoms with Crippen molar-refractivity contribution in [2.45, 2.75) is 26.4 Å². The van der Waals surface area contributed by atoms with Crippen LogP contribution in [0, 0.1) is 0 Å². The van der Waals surface area contributed by atoms with Crippen LogP contribution in [0.3, 0.4) is 0 Å². The van der Waals surface area contributed by atoms with Crippen molar-refractivity contribution in [2.75, 3.05) is 7.11 Å². The lowest BCUT2D eigenvalue weighted by Crippen LogP contribution is -2.01. The van der Waals surface area contributed by atoms with Gasteiger partial charge < -0.3 is 14.6 Å². The molecule has 2 aromatic rings. The van der Waals surface area contributed by atoms with Gasteiger partial charge in [-0.2, -0.15) is 0 Å². The van der Waals surface area contributed by atoms with E-state index >= 15 is 0 Å². The predicted molar refractivity (Wildman–Crippen MR) is 84.8 cm³/mol. The van der Waals surface area contributed by atoms with E-state index in [4.69, 9.17) is 14.6 Å². The van der Waals surface area contributed by atoms with Gasteiger partial charge in [0.15, 0.2) is 11.5 Å². The average Bonchev–Trinajstić information content (AvgIpc) is 2.52. The quantitative estimate of drug-likeness (QED) is 0.872. The SMILES string of the molecule is COc1cc(C(=O)O)ccc1OCc1ccc(C(C)C)cc1. The van der Waals surface area contributed by atoms with E-state index in [2.05, 4.69) is 26.0 Å². The molecule has 0 fully saturated rings. The number of hydrogen-bond acceptors (Lipinski definition) is 3. The third-order valence-corrected chi connectivity index (χ3v) is 3.45. The van der Waals surface area contributed by atoms with Crippen molar-refractivity contribution in [2.24, 2.45) is 0 Å². The normalized spacial score (nSPS) is 10.5. The van der Waals surface area contributed by atoms with Crippen molar-refractivity contribution < 1.29 is 19.4 Å². The van der Waals surface area contributed by atoms with Crippen LogP contribution in [0.1, 0.15) is 41.3 Å². The van der Waals surface area contributed by atoms with Gasteiger partial charge in [0.2, 0.25) is 0 Å². The fourth-order valence-corrected chi connectivity index (χ4v) is 2.08. The molecule has 4 heteroatoms. The molecule has 0 spiro atoms. The molecule has 0 aromatic heterocycles. The van der Waals surface area contributed by atoms with Crippen LogP contribution in [0.25, 0.3) is 0 Å². The van der Waals surface area contributed by atoms with Gasteiger partial charge in [-0.05, 0) is 35.2 Å². The topological polar surface area (TPSA) is 55.8 Å². The summed E-state index contributed by atoms with van der Waals surface area (Å²) in [4.78, 5) is 11.0. The maximum Gasteiger partial charge on any atom is 0.335 e. The summed E-state index contributed by atoms with van der Waals surface area (Å²) in [6, 6.07) is 12.8. The second-order valence-corrected chi connectivity index (χ2v) is 5.36. The third-order valence-electron chi connectivity index (χ3n) is 3.45. The molecule has 0 saturated carbocycles. The largest absolute Gasteiger partial charge is 0.493 e. The van der Waals surface area contributed by atoms with E-state index in [1.165, 1.54) is 24.8 Å². The maximum atomic E-state index is 11.0. The van der Waals surface area contributed by atoms with Gasteiger partial charge in [-0.25, -0.2) is 4.79 Å². The molecular weight excluding hydrogens is 280 g/mol. The minimum absolute atomic E-state index is 0.172. The van der Waals surface area contributed by atoms with Crippen LogP contribution in [0.5, 0.6) is 11.5 Å². The van der Waals surface area contributed by atoms with Gasteiger partial charge in [0, 0.05) is 0 Å². The van der Waals surface area contributed by atoms with Crippen molar-refractivity contribution in [1.29, 1.82) is 0 Å². The highest BCUT2D eigenvalue weighted by atomic mass is 16.5. The third kappa shape index (κ3) is 3.79. The van der Waals surface area contributed by atoms with Crippen LogP contribution >= 0.6 is 0 Å². The smallest absolute Gasteiger partial charge is 0.335 e. The van der Waals surface area contributed by atoms with Gasteiger partial charge in [0.25, 0.3) is 0 Å². The highest BCUT2D eigenvalue weighted by molar-refractivity contribution is 5.88. The number of ether oxygens (including phenoxy) is 2. The van der Waals surface area contributed by atoms with Gasteiger partial charge in [-0.15, -0.1) is 0 Å². The van der Waals surface area contributed by atoms with Crippen molar-refractivity contribution in [3.8, 4) is 11.5 Å². The molecule has 2 aromatic carbocycles. The molecular formula is C18H20O4. The van der Waals surface area contributed by atoms with Crippen molar-refractivity contribution in [3.05, 3.63) is 59.2 Å². The zero-order valence-corrected chi connectivity index (χ0v) is 13.0. The van der Waals surface area contributed by atoms with E-state index < -0.39 is 5.97 Å². The average molecular weight is 300 g/mol. The molecule has 0 aliphatic heterocycles. The Kier molecular flexibility index (Phi) is 5.04. The minimum atomic E-state index is -0.992. The summed E-state index contributed by atoms with van der Waals surface area (Å²) in [6.07, 6.45) is 0. The first kappa shape index (κ1) is 15.9. The number of aromatic carboxylic acids is 1. The van der Waals surface area contributed by atoms with E-state index in [9.17, 15) is 4.79 Å². The summed E-state index contributed by atoms with van der Waals surface area (Å²) in [7, 11) is 1.49. The summed E-state index contributed by atoms with van der Waals surface area (Å²) in [5, 5.41) is 8.98. The van der Waals surface area contributed by atoms with Gasteiger partial charge in [0.1, 0.15) is 6.61 Å². The first-order valence-electron chi connectivity index (χ1n) is 7.14. The molecule has 22 heavy (non-hydrogen) atoms. The Hall–Kier alpha value is -2.49. The predicted octanol–water partition coefficient (Wildman–Crippen LogP) is 4.10. The molecule has 2 rings (SSSR count). The number of hydrogen-bond donors (Lipinski definition) is 1. The van der Waals surface area contributed by atoms with Crippen LogP contribution in [-0.2, 0) is 6.61 Å². The summed E-state index contributed by atoms with van der Waals surface area (Å²) in [5.41, 5.74) is 2.51. The number of benzene rings is 2. The van der Waals surface area contributed by atoms with Crippen LogP contribution in [0.15, 0.2) is 42.5 Å². The molecule has 0 unspecified atom stereocenters. The molecule has 0 saturated heterocycles. The van der Waals surface area contributed by atoms with E-state index in [0.29, 0.717) is 24.0 Å². The summed E-state index contributed by atoms with van der Waals surface area (Å²) >= 11 is 0. The number of carboxylic acid groups (broad SMARTS) is 1. The molecule has 0 bridgehead atoms. The lowest BCUT2D eigenvalue weighted by molar-refractivity contribution is 0.0696. The van der Waals surface area contributed by atoms with E-state index in [1.54, 1.807) is 6.07 Å². The summed E-state index contributed by atoms with van der Waals surface area (Å²) in [6.45, 7) is 4.71. The number of carboxylic acids is 1. The summed E-state index contributed by atoms with van der Waals surface area (Å²) in [5.74, 6) is 0.451. The lowest BCUT2D eigenvalue weighted by atomic mass is 10.0. The molecule has 4 nitrogen and oxygen atoms in total. The maximum absolute atomic E-state index is 11.0. The zero-order chi connectivity index (χ0) is 16.1. The van der Waals surface area contributed by atoms with Gasteiger partial charge in [-0.1, -0.05) is 38.1 Å². The molecule has 0 amide bonds. The fraction of sp³-hybridized carbons (Fsp3) is 0.278. The van der Waals surface area contributed by atoms with Crippen molar-refractivity contribution in [1.82, 2.24) is 0 Å². The molecule has 0 aliphatic carbocycles. The molecule has 0 radical (unpaired) electrons. The first-order valence-corrected chi connectivity index (χ1v) is 7.14. The van der Waals surface area contributed by atoms with Crippen LogP contribution in [-0.4, -0.2) is 18.2 Å². The molecule has 0 aliphatic rings. The standard InChI is InChI=1S/C18H20O4/c1-12(2)14-6-4-13(5-7-14)11-22-16-9-8-15(18(19)20)10-17(16)21-3/h4-10,12H,11H2,1-3H3,(H,19,20). The zero-order valence-electron chi connectivity index (χ0n) is 13.0.